The fraction of sp³-hybridized carbons (Fsp3) is 1.00. The quantitative estimate of drug-likeness (QED) is 0.0199. The molecule has 0 saturated carbocycles. The zero-order valence-electron chi connectivity index (χ0n) is 81.3. The van der Waals surface area contributed by atoms with Crippen molar-refractivity contribution in [3.63, 3.8) is 0 Å². The summed E-state index contributed by atoms with van der Waals surface area (Å²) in [6.07, 6.45) is -1.17. The van der Waals surface area contributed by atoms with Crippen molar-refractivity contribution >= 4 is 564 Å². The van der Waals surface area contributed by atoms with Gasteiger partial charge in [-0.1, -0.05) is 0 Å². The third-order valence-corrected chi connectivity index (χ3v) is 723. The van der Waals surface area contributed by atoms with E-state index in [0.29, 0.717) is 0 Å². The monoisotopic (exact) mass is 3180 g/mol. The minimum Gasteiger partial charge on any atom is -0.442 e. The Morgan fingerprint density at radius 3 is 0.608 bits per heavy atom. The SMILES string of the molecule is CC(O)O.CO[Si]([SiH3])([SiH2]O)[Si](O[Si](C)(C)O)(O[Si]([Si](O[Si](C)(C)O[Si](C)(C)C)(O[Si](O[Si](O[SiH2]O)([SiH2]O)[SiH2]O)([Si](O[SiH2]O)([SiH2]O)[SiH2]O)[Si](O[SiH2]O)([SiH2]O)[SiH2]O)[Si](O[Si](O[SiH2]O)([SiH2]O)[SiH2]O)([Si](O[SiH2]O)([SiH2]O)[SiH2]O)[Si](O[SiH2]O)([SiH2]O)[SiH2]O)([Si](O[Si](O[SiH2]O)([SiH2]O)[SiH2]O)([Si](O[SiH2]O)([SiH2]O)[SiH2]O)[Si](O[SiH2]O)([SiH2]O)[SiH2]O)[Si](O[Si](O[SiH2]O)([SiH2]O)[SiH2]O)([Si](O[SiH2]O)([SiH2]O)[SiH2]O)[Si](O[SiH2]O)([SiH2]O)[SiH2]O)[Si](O[SiH2]O)([SiH2]O)[Si](C)(C)O. The maximum absolute atomic E-state index is 14.9. The molecule has 0 spiro atoms. The lowest BCUT2D eigenvalue weighted by atomic mass is 10.8. The van der Waals surface area contributed by atoms with Gasteiger partial charge in [-0.2, -0.15) is 0 Å². The Morgan fingerprint density at radius 1 is 0.210 bits per heavy atom. The van der Waals surface area contributed by atoms with E-state index in [1.54, 1.807) is 0 Å². The number of aliphatic hydroxyl groups excluding tert-OH is 1. The molecule has 0 aliphatic carbocycles. The van der Waals surface area contributed by atoms with Gasteiger partial charge in [0, 0.05) is 16.9 Å². The summed E-state index contributed by atoms with van der Waals surface area (Å²) in [6, 6.07) is 0. The second-order valence-electron chi connectivity index (χ2n) is 34.2. The van der Waals surface area contributed by atoms with Gasteiger partial charge in [-0.05, 0) is 65.8 Å². The van der Waals surface area contributed by atoms with Crippen LogP contribution in [0.3, 0.4) is 0 Å². The Kier molecular flexibility index (Phi) is 76.1. The molecule has 0 aromatic rings. The summed E-state index contributed by atoms with van der Waals surface area (Å²) in [7, 11) is -242. The van der Waals surface area contributed by atoms with Crippen molar-refractivity contribution in [2.24, 2.45) is 0 Å². The van der Waals surface area contributed by atoms with Gasteiger partial charge in [0.25, 0.3) is 164 Å². The first-order chi connectivity index (χ1) is 66.8. The van der Waals surface area contributed by atoms with E-state index in [0.717, 1.165) is 46.4 Å². The molecule has 0 rings (SSSR count). The maximum atomic E-state index is 14.9. The highest BCUT2D eigenvalue weighted by Gasteiger charge is 3.09. The minimum atomic E-state index is -9.99. The largest absolute Gasteiger partial charge is 0.442 e. The molecular weight excluding hydrogens is 3030 g/mol. The lowest BCUT2D eigenvalue weighted by Gasteiger charge is -2.78. The lowest BCUT2D eigenvalue weighted by Crippen LogP contribution is -3.22. The van der Waals surface area contributed by atoms with E-state index in [-0.39, 0.29) is 0 Å². The van der Waals surface area contributed by atoms with E-state index in [4.69, 9.17) is 92.8 Å². The van der Waals surface area contributed by atoms with Gasteiger partial charge < -0.3 is 302 Å². The first kappa shape index (κ1) is 156. The molecule has 0 radical (unpaired) electrons. The Bertz CT molecular complexity index is 3230. The van der Waals surface area contributed by atoms with Crippen molar-refractivity contribution in [2.75, 3.05) is 7.11 Å². The van der Waals surface area contributed by atoms with E-state index < -0.39 is 570 Å². The molecule has 4 unspecified atom stereocenters. The summed E-state index contributed by atoms with van der Waals surface area (Å²) in [5, 5.41) is 15.2. The number of aliphatic hydroxyl groups is 2. The van der Waals surface area contributed by atoms with E-state index in [9.17, 15) is 209 Å². The molecule has 0 bridgehead atoms. The summed E-state index contributed by atoms with van der Waals surface area (Å²) in [6.45, 7) is -96.8. The number of rotatable bonds is 86. The van der Waals surface area contributed by atoms with E-state index in [1.165, 1.54) is 26.6 Å². The zero-order valence-corrected chi connectivity index (χ0v) is 163. The van der Waals surface area contributed by atoms with Gasteiger partial charge >= 0.3 is 70.3 Å². The normalized spacial score (nSPS) is 25.3. The fourth-order valence-electron chi connectivity index (χ4n) is 17.5. The fourth-order valence-corrected chi connectivity index (χ4v) is 1340. The Morgan fingerprint density at radius 2 is 0.427 bits per heavy atom. The van der Waals surface area contributed by atoms with Crippen LogP contribution in [0, 0.1) is 0 Å². The molecular formula is C12H158O66Si65. The van der Waals surface area contributed by atoms with Crippen molar-refractivity contribution in [3.05, 3.63) is 0 Å². The third kappa shape index (κ3) is 31.7. The minimum absolute atomic E-state index is 0.778. The standard InChI is InChI=1S/C10H152O64Si65.C2H6O2/c1-52-126(75,97-32)123(67-116(5,6)50,135(114-49,65-88-23)117(7,8)51)74-137(138(131(106-41,107-42)61-84-19,132(108-43,109-44)62-85-20)71-121(93-28,94-29)55-78-13,139(133(110-45,111-46)63-86-21,134(112-47,113-48)64-87-22)72-122(95-30,96-31)56-79-14)125(68-118(9,10)66-115(2,3)4,136(129(102-37,103-38)59-82-17,130(104-39,105-40)60-83-18)70-120(91-26,92-27)54-77-12)73-124(127(98-33,99-34)57-80-15,128(100-35,101-36)58-81-16)69-119(89-24,90-25)53-76-11;1-2(3)4/h11-51H,76-114H2,1-10,75H3;2-4H,1H3. The highest BCUT2D eigenvalue weighted by Crippen LogP contribution is 2.62. The van der Waals surface area contributed by atoms with Gasteiger partial charge in [-0.25, -0.2) is 0 Å². The van der Waals surface area contributed by atoms with Crippen molar-refractivity contribution in [1.82, 2.24) is 0 Å². The van der Waals surface area contributed by atoms with Crippen LogP contribution in [0.4, 0.5) is 0 Å². The van der Waals surface area contributed by atoms with Gasteiger partial charge in [-0.15, -0.1) is 0 Å². The summed E-state index contributed by atoms with van der Waals surface area (Å²) in [4.78, 5) is 566. The molecule has 0 heterocycles. The first-order valence-electron chi connectivity index (χ1n) is 42.5. The second kappa shape index (κ2) is 69.6. The van der Waals surface area contributed by atoms with Gasteiger partial charge in [0.05, 0.1) is 0 Å². The van der Waals surface area contributed by atoms with Crippen LogP contribution in [-0.4, -0.2) is 784 Å². The van der Waals surface area contributed by atoms with Crippen molar-refractivity contribution in [1.29, 1.82) is 0 Å². The molecule has 0 aromatic carbocycles. The molecule has 43 N–H and O–H groups in total. The molecule has 862 valence electrons. The van der Waals surface area contributed by atoms with Crippen LogP contribution in [0.2, 0.25) is 58.9 Å². The van der Waals surface area contributed by atoms with Crippen LogP contribution in [0.1, 0.15) is 6.92 Å². The topological polar surface area (TPSA) is 1080 Å². The van der Waals surface area contributed by atoms with Crippen molar-refractivity contribution in [2.45, 2.75) is 72.1 Å². The predicted octanol–water partition coefficient (Wildman–Crippen LogP) is -66.1. The van der Waals surface area contributed by atoms with Crippen LogP contribution in [-0.2, 0) is 95.0 Å². The van der Waals surface area contributed by atoms with E-state index in [2.05, 4.69) is 0 Å². The smallest absolute Gasteiger partial charge is 0.338 e. The average Bonchev–Trinajstić information content (AvgIpc) is 0.610. The molecule has 0 fully saturated rings. The van der Waals surface area contributed by atoms with Crippen LogP contribution < -0.4 is 0 Å². The van der Waals surface area contributed by atoms with E-state index >= 15 is 0 Å². The Hall–Kier alpha value is 11.5. The van der Waals surface area contributed by atoms with E-state index in [1.807, 2.05) is 0 Å². The van der Waals surface area contributed by atoms with Gasteiger partial charge in [0.1, 0.15) is 6.29 Å². The van der Waals surface area contributed by atoms with Crippen LogP contribution in [0.5, 0.6) is 0 Å². The molecule has 66 nitrogen and oxygen atoms in total. The number of hydrogen-bond acceptors (Lipinski definition) is 66. The molecule has 0 saturated heterocycles. The summed E-state index contributed by atoms with van der Waals surface area (Å²) < 4.78 is 177. The lowest BCUT2D eigenvalue weighted by molar-refractivity contribution is -0.0228. The van der Waals surface area contributed by atoms with Crippen molar-refractivity contribution in [3.8, 4) is 0 Å². The molecule has 131 heteroatoms. The highest BCUT2D eigenvalue weighted by atomic mass is 30.6. The predicted molar refractivity (Wildman–Crippen MR) is 676 cm³/mol. The molecule has 0 amide bonds. The van der Waals surface area contributed by atoms with Gasteiger partial charge in [0.15, 0.2) is 175 Å². The second-order valence-corrected chi connectivity index (χ2v) is 414. The molecule has 0 aliphatic heterocycles. The Balaban J connectivity index is 0. The highest BCUT2D eigenvalue weighted by molar-refractivity contribution is 8.35. The Labute approximate surface area is 933 Å². The molecule has 0 aromatic heterocycles. The molecule has 143 heavy (non-hydrogen) atoms. The zero-order chi connectivity index (χ0) is 112. The maximum Gasteiger partial charge on any atom is 0.338 e. The van der Waals surface area contributed by atoms with Crippen LogP contribution in [0.25, 0.3) is 0 Å². The summed E-state index contributed by atoms with van der Waals surface area (Å²) in [5.41, 5.74) is 0. The number of hydrogen-bond donors (Lipinski definition) is 43. The molecule has 4 atom stereocenters. The van der Waals surface area contributed by atoms with Crippen molar-refractivity contribution < 1.29 is 302 Å². The van der Waals surface area contributed by atoms with Crippen LogP contribution in [0.15, 0.2) is 0 Å². The van der Waals surface area contributed by atoms with Crippen LogP contribution >= 0.6 is 0 Å². The van der Waals surface area contributed by atoms with Gasteiger partial charge in [-0.3, -0.25) is 0 Å². The third-order valence-electron chi connectivity index (χ3n) is 23.8. The average molecular weight is 3180 g/mol. The molecule has 0 aliphatic rings. The summed E-state index contributed by atoms with van der Waals surface area (Å²) in [5.74, 6) is 0. The first-order valence-corrected chi connectivity index (χ1v) is 205. The van der Waals surface area contributed by atoms with Gasteiger partial charge in [0.2, 0.25) is 144 Å². The summed E-state index contributed by atoms with van der Waals surface area (Å²) >= 11 is 0.